The fraction of sp³-hybridized carbons (Fsp3) is 0.435. The fourth-order valence-corrected chi connectivity index (χ4v) is 4.46. The molecule has 0 radical (unpaired) electrons. The molecule has 1 N–H and O–H groups in total. The van der Waals surface area contributed by atoms with Crippen molar-refractivity contribution in [2.75, 3.05) is 26.3 Å². The van der Waals surface area contributed by atoms with Crippen LogP contribution in [-0.4, -0.2) is 37.1 Å². The van der Waals surface area contributed by atoms with Crippen LogP contribution in [0.3, 0.4) is 0 Å². The summed E-state index contributed by atoms with van der Waals surface area (Å²) >= 11 is 12.3. The van der Waals surface area contributed by atoms with E-state index in [-0.39, 0.29) is 17.9 Å². The third-order valence-electron chi connectivity index (χ3n) is 5.79. The lowest BCUT2D eigenvalue weighted by Crippen LogP contribution is -2.40. The summed E-state index contributed by atoms with van der Waals surface area (Å²) in [5, 5.41) is 4.50. The standard InChI is InChI=1S/C23H26Cl2N2O3/c1-15(17-3-5-21-22(12-17)30-11-10-29-21)26-23(28)16-6-8-27(9-7-16)14-18-2-4-19(24)13-20(18)25/h2-5,12-13,15-16H,6-11,14H2,1H3,(H,26,28)/t15-/m1/s1. The zero-order chi connectivity index (χ0) is 21.1. The number of hydrogen-bond donors (Lipinski definition) is 1. The van der Waals surface area contributed by atoms with Crippen LogP contribution in [0.4, 0.5) is 0 Å². The number of likely N-dealkylation sites (tertiary alicyclic amines) is 1. The van der Waals surface area contributed by atoms with Crippen LogP contribution < -0.4 is 14.8 Å². The Morgan fingerprint density at radius 3 is 2.57 bits per heavy atom. The van der Waals surface area contributed by atoms with E-state index < -0.39 is 0 Å². The minimum atomic E-state index is -0.0840. The number of carbonyl (C=O) groups is 1. The fourth-order valence-electron chi connectivity index (χ4n) is 3.99. The Hall–Kier alpha value is -1.95. The van der Waals surface area contributed by atoms with Gasteiger partial charge in [-0.15, -0.1) is 0 Å². The SMILES string of the molecule is C[C@@H](NC(=O)C1CCN(Cc2ccc(Cl)cc2Cl)CC1)c1ccc2c(c1)OCCO2. The van der Waals surface area contributed by atoms with Crippen molar-refractivity contribution in [3.05, 3.63) is 57.6 Å². The highest BCUT2D eigenvalue weighted by Crippen LogP contribution is 2.33. The zero-order valence-corrected chi connectivity index (χ0v) is 18.5. The Morgan fingerprint density at radius 1 is 1.10 bits per heavy atom. The number of ether oxygens (including phenoxy) is 2. The van der Waals surface area contributed by atoms with Gasteiger partial charge in [-0.3, -0.25) is 9.69 Å². The third kappa shape index (κ3) is 5.02. The number of rotatable bonds is 5. The van der Waals surface area contributed by atoms with E-state index in [1.54, 1.807) is 6.07 Å². The lowest BCUT2D eigenvalue weighted by Gasteiger charge is -2.32. The van der Waals surface area contributed by atoms with Crippen molar-refractivity contribution < 1.29 is 14.3 Å². The first-order valence-electron chi connectivity index (χ1n) is 10.4. The summed E-state index contributed by atoms with van der Waals surface area (Å²) in [5.74, 6) is 1.65. The normalized spacial score (nSPS) is 18.1. The van der Waals surface area contributed by atoms with Gasteiger partial charge in [-0.1, -0.05) is 35.3 Å². The van der Waals surface area contributed by atoms with E-state index in [2.05, 4.69) is 10.2 Å². The Bertz CT molecular complexity index is 913. The molecular formula is C23H26Cl2N2O3. The van der Waals surface area contributed by atoms with Crippen LogP contribution in [-0.2, 0) is 11.3 Å². The minimum absolute atomic E-state index is 0.0293. The van der Waals surface area contributed by atoms with Gasteiger partial charge >= 0.3 is 0 Å². The minimum Gasteiger partial charge on any atom is -0.486 e. The van der Waals surface area contributed by atoms with Gasteiger partial charge in [-0.2, -0.15) is 0 Å². The number of hydrogen-bond acceptors (Lipinski definition) is 4. The summed E-state index contributed by atoms with van der Waals surface area (Å²) in [6, 6.07) is 11.4. The topological polar surface area (TPSA) is 50.8 Å². The van der Waals surface area contributed by atoms with Gasteiger partial charge in [0.05, 0.1) is 6.04 Å². The van der Waals surface area contributed by atoms with Crippen molar-refractivity contribution in [2.24, 2.45) is 5.92 Å². The van der Waals surface area contributed by atoms with Crippen molar-refractivity contribution in [1.82, 2.24) is 10.2 Å². The molecular weight excluding hydrogens is 423 g/mol. The predicted molar refractivity (Wildman–Crippen MR) is 118 cm³/mol. The molecule has 2 aromatic rings. The molecule has 160 valence electrons. The summed E-state index contributed by atoms with van der Waals surface area (Å²) in [6.07, 6.45) is 1.68. The number of carbonyl (C=O) groups excluding carboxylic acids is 1. The molecule has 0 saturated carbocycles. The van der Waals surface area contributed by atoms with Gasteiger partial charge in [-0.05, 0) is 68.2 Å². The molecule has 0 unspecified atom stereocenters. The number of nitrogens with one attached hydrogen (secondary N) is 1. The van der Waals surface area contributed by atoms with E-state index in [4.69, 9.17) is 32.7 Å². The smallest absolute Gasteiger partial charge is 0.223 e. The van der Waals surface area contributed by atoms with Crippen LogP contribution >= 0.6 is 23.2 Å². The quantitative estimate of drug-likeness (QED) is 0.709. The van der Waals surface area contributed by atoms with Crippen molar-refractivity contribution >= 4 is 29.1 Å². The first kappa shape index (κ1) is 21.3. The highest BCUT2D eigenvalue weighted by molar-refractivity contribution is 6.35. The average Bonchev–Trinajstić information content (AvgIpc) is 2.75. The highest BCUT2D eigenvalue weighted by Gasteiger charge is 2.26. The Labute approximate surface area is 187 Å². The molecule has 0 bridgehead atoms. The van der Waals surface area contributed by atoms with Gasteiger partial charge in [0.15, 0.2) is 11.5 Å². The molecule has 0 spiro atoms. The third-order valence-corrected chi connectivity index (χ3v) is 6.38. The molecule has 1 saturated heterocycles. The second-order valence-electron chi connectivity index (χ2n) is 7.92. The Balaban J connectivity index is 1.29. The van der Waals surface area contributed by atoms with Crippen molar-refractivity contribution in [2.45, 2.75) is 32.4 Å². The van der Waals surface area contributed by atoms with E-state index in [1.165, 1.54) is 0 Å². The van der Waals surface area contributed by atoms with Crippen molar-refractivity contribution in [3.63, 3.8) is 0 Å². The first-order valence-corrected chi connectivity index (χ1v) is 11.1. The van der Waals surface area contributed by atoms with E-state index in [0.29, 0.717) is 23.3 Å². The summed E-state index contributed by atoms with van der Waals surface area (Å²) in [5.41, 5.74) is 2.08. The highest BCUT2D eigenvalue weighted by atomic mass is 35.5. The molecule has 0 aliphatic carbocycles. The lowest BCUT2D eigenvalue weighted by atomic mass is 9.94. The van der Waals surface area contributed by atoms with Crippen LogP contribution in [0, 0.1) is 5.92 Å². The number of piperidine rings is 1. The molecule has 1 amide bonds. The Kier molecular flexibility index (Phi) is 6.71. The van der Waals surface area contributed by atoms with E-state index in [9.17, 15) is 4.79 Å². The van der Waals surface area contributed by atoms with Crippen LogP contribution in [0.1, 0.15) is 36.9 Å². The van der Waals surface area contributed by atoms with E-state index in [1.807, 2.05) is 37.3 Å². The molecule has 5 nitrogen and oxygen atoms in total. The van der Waals surface area contributed by atoms with Crippen LogP contribution in [0.25, 0.3) is 0 Å². The van der Waals surface area contributed by atoms with Crippen LogP contribution in [0.2, 0.25) is 10.0 Å². The lowest BCUT2D eigenvalue weighted by molar-refractivity contribution is -0.127. The number of nitrogens with zero attached hydrogens (tertiary/aromatic N) is 1. The molecule has 2 aliphatic heterocycles. The molecule has 2 heterocycles. The van der Waals surface area contributed by atoms with Crippen LogP contribution in [0.15, 0.2) is 36.4 Å². The number of fused-ring (bicyclic) bond motifs is 1. The second-order valence-corrected chi connectivity index (χ2v) is 8.76. The molecule has 30 heavy (non-hydrogen) atoms. The maximum absolute atomic E-state index is 12.8. The molecule has 2 aromatic carbocycles. The van der Waals surface area contributed by atoms with Gasteiger partial charge in [0.2, 0.25) is 5.91 Å². The largest absolute Gasteiger partial charge is 0.486 e. The molecule has 7 heteroatoms. The van der Waals surface area contributed by atoms with Gasteiger partial charge in [0.25, 0.3) is 0 Å². The van der Waals surface area contributed by atoms with E-state index >= 15 is 0 Å². The molecule has 0 aromatic heterocycles. The predicted octanol–water partition coefficient (Wildman–Crippen LogP) is 4.85. The van der Waals surface area contributed by atoms with Gasteiger partial charge < -0.3 is 14.8 Å². The molecule has 1 atom stereocenters. The summed E-state index contributed by atoms with van der Waals surface area (Å²) in [6.45, 7) is 5.64. The summed E-state index contributed by atoms with van der Waals surface area (Å²) in [4.78, 5) is 15.1. The second kappa shape index (κ2) is 9.46. The summed E-state index contributed by atoms with van der Waals surface area (Å²) < 4.78 is 11.2. The molecule has 1 fully saturated rings. The number of benzene rings is 2. The van der Waals surface area contributed by atoms with Crippen molar-refractivity contribution in [1.29, 1.82) is 0 Å². The van der Waals surface area contributed by atoms with Gasteiger partial charge in [0.1, 0.15) is 13.2 Å². The summed E-state index contributed by atoms with van der Waals surface area (Å²) in [7, 11) is 0. The van der Waals surface area contributed by atoms with Gasteiger partial charge in [-0.25, -0.2) is 0 Å². The molecule has 2 aliphatic rings. The zero-order valence-electron chi connectivity index (χ0n) is 17.0. The maximum atomic E-state index is 12.8. The number of halogens is 2. The Morgan fingerprint density at radius 2 is 1.83 bits per heavy atom. The van der Waals surface area contributed by atoms with Gasteiger partial charge in [0, 0.05) is 22.5 Å². The average molecular weight is 449 g/mol. The monoisotopic (exact) mass is 448 g/mol. The van der Waals surface area contributed by atoms with E-state index in [0.717, 1.165) is 55.1 Å². The first-order chi connectivity index (χ1) is 14.5. The number of amides is 1. The molecule has 4 rings (SSSR count). The van der Waals surface area contributed by atoms with Crippen molar-refractivity contribution in [3.8, 4) is 11.5 Å². The maximum Gasteiger partial charge on any atom is 0.223 e. The van der Waals surface area contributed by atoms with Crippen LogP contribution in [0.5, 0.6) is 11.5 Å².